The van der Waals surface area contributed by atoms with E-state index in [1.54, 1.807) is 0 Å². The molecule has 0 fully saturated rings. The van der Waals surface area contributed by atoms with E-state index in [1.165, 1.54) is 37.7 Å². The Hall–Kier alpha value is -2.21. The Bertz CT molecular complexity index is 1280. The van der Waals surface area contributed by atoms with E-state index >= 15 is 0 Å². The number of rotatable bonds is 4. The molecule has 0 N–H and O–H groups in total. The molecule has 3 rings (SSSR count). The molecule has 0 aromatic carbocycles. The van der Waals surface area contributed by atoms with Gasteiger partial charge in [0.1, 0.15) is 16.9 Å². The maximum atomic E-state index is 13.4. The van der Waals surface area contributed by atoms with Crippen LogP contribution in [0.1, 0.15) is 19.5 Å². The Labute approximate surface area is 172 Å². The van der Waals surface area contributed by atoms with Crippen LogP contribution in [0, 0.1) is 0 Å². The number of aryl methyl sites for hydroxylation is 1. The standard InChI is InChI=1S/C17H16BrF3N4O3S/c1-4-25-12(17(19,20)21)7-10-14(16(25)26)24(3)15(23-10)13-11(29(27,28)5-2)6-9(18)8-22-13/h6-8H,4-5H2,1-3H3. The van der Waals surface area contributed by atoms with E-state index < -0.39 is 27.3 Å². The Kier molecular flexibility index (Phi) is 5.37. The number of pyridine rings is 2. The minimum atomic E-state index is -4.74. The number of halogens is 4. The second-order valence-corrected chi connectivity index (χ2v) is 9.37. The lowest BCUT2D eigenvalue weighted by Gasteiger charge is -2.14. The van der Waals surface area contributed by atoms with Crippen LogP contribution >= 0.6 is 15.9 Å². The lowest BCUT2D eigenvalue weighted by molar-refractivity contribution is -0.144. The molecule has 0 aliphatic heterocycles. The van der Waals surface area contributed by atoms with Crippen molar-refractivity contribution in [2.24, 2.45) is 7.05 Å². The molecule has 0 radical (unpaired) electrons. The van der Waals surface area contributed by atoms with E-state index in [2.05, 4.69) is 25.9 Å². The smallest absolute Gasteiger partial charge is 0.321 e. The van der Waals surface area contributed by atoms with Crippen LogP contribution in [0.4, 0.5) is 13.2 Å². The highest BCUT2D eigenvalue weighted by atomic mass is 79.9. The molecule has 0 bridgehead atoms. The number of hydrogen-bond donors (Lipinski definition) is 0. The van der Waals surface area contributed by atoms with Gasteiger partial charge >= 0.3 is 6.18 Å². The van der Waals surface area contributed by atoms with Gasteiger partial charge in [0.15, 0.2) is 15.7 Å². The Morgan fingerprint density at radius 3 is 2.41 bits per heavy atom. The number of hydrogen-bond acceptors (Lipinski definition) is 5. The minimum absolute atomic E-state index is 0.0152. The highest BCUT2D eigenvalue weighted by Gasteiger charge is 2.36. The van der Waals surface area contributed by atoms with Crippen LogP contribution in [0.15, 0.2) is 32.5 Å². The summed E-state index contributed by atoms with van der Waals surface area (Å²) in [4.78, 5) is 20.9. The largest absolute Gasteiger partial charge is 0.431 e. The molecule has 7 nitrogen and oxygen atoms in total. The molecule has 0 atom stereocenters. The van der Waals surface area contributed by atoms with E-state index in [0.717, 1.165) is 6.07 Å². The van der Waals surface area contributed by atoms with Crippen molar-refractivity contribution < 1.29 is 21.6 Å². The second-order valence-electron chi connectivity index (χ2n) is 6.21. The fourth-order valence-electron chi connectivity index (χ4n) is 3.06. The zero-order valence-corrected chi connectivity index (χ0v) is 18.0. The number of alkyl halides is 3. The van der Waals surface area contributed by atoms with Gasteiger partial charge in [-0.25, -0.2) is 13.4 Å². The zero-order valence-electron chi connectivity index (χ0n) is 15.6. The van der Waals surface area contributed by atoms with Gasteiger partial charge < -0.3 is 9.13 Å². The normalized spacial score (nSPS) is 12.7. The molecule has 0 saturated carbocycles. The fourth-order valence-corrected chi connectivity index (χ4v) is 4.60. The molecule has 0 aliphatic carbocycles. The van der Waals surface area contributed by atoms with Gasteiger partial charge in [-0.05, 0) is 35.0 Å². The number of nitrogens with zero attached hydrogens (tertiary/aromatic N) is 4. The van der Waals surface area contributed by atoms with Gasteiger partial charge in [0, 0.05) is 24.3 Å². The Balaban J connectivity index is 2.42. The highest BCUT2D eigenvalue weighted by molar-refractivity contribution is 9.10. The maximum absolute atomic E-state index is 13.4. The monoisotopic (exact) mass is 492 g/mol. The summed E-state index contributed by atoms with van der Waals surface area (Å²) in [5.74, 6) is -0.221. The quantitative estimate of drug-likeness (QED) is 0.556. The van der Waals surface area contributed by atoms with E-state index in [-0.39, 0.29) is 39.7 Å². The first-order chi connectivity index (χ1) is 13.4. The number of sulfone groups is 1. The van der Waals surface area contributed by atoms with Crippen LogP contribution in [0.25, 0.3) is 22.6 Å². The summed E-state index contributed by atoms with van der Waals surface area (Å²) in [6.07, 6.45) is -3.39. The third kappa shape index (κ3) is 3.59. The predicted octanol–water partition coefficient (Wildman–Crippen LogP) is 3.39. The van der Waals surface area contributed by atoms with Crippen molar-refractivity contribution in [3.05, 3.63) is 38.9 Å². The summed E-state index contributed by atoms with van der Waals surface area (Å²) in [6, 6.07) is 2.14. The molecule has 0 saturated heterocycles. The first-order valence-electron chi connectivity index (χ1n) is 8.48. The summed E-state index contributed by atoms with van der Waals surface area (Å²) in [5, 5.41) is 0. The molecular weight excluding hydrogens is 477 g/mol. The van der Waals surface area contributed by atoms with Crippen LogP contribution in [-0.2, 0) is 29.6 Å². The first-order valence-corrected chi connectivity index (χ1v) is 10.9. The summed E-state index contributed by atoms with van der Waals surface area (Å²) in [5.41, 5.74) is -2.28. The molecule has 29 heavy (non-hydrogen) atoms. The maximum Gasteiger partial charge on any atom is 0.431 e. The molecule has 0 spiro atoms. The van der Waals surface area contributed by atoms with Crippen molar-refractivity contribution in [2.45, 2.75) is 31.5 Å². The number of imidazole rings is 1. The van der Waals surface area contributed by atoms with Crippen LogP contribution in [0.5, 0.6) is 0 Å². The molecule has 3 aromatic rings. The van der Waals surface area contributed by atoms with Crippen LogP contribution < -0.4 is 5.56 Å². The summed E-state index contributed by atoms with van der Waals surface area (Å²) < 4.78 is 67.5. The Morgan fingerprint density at radius 2 is 1.86 bits per heavy atom. The summed E-state index contributed by atoms with van der Waals surface area (Å²) >= 11 is 3.17. The Morgan fingerprint density at radius 1 is 1.21 bits per heavy atom. The van der Waals surface area contributed by atoms with Crippen molar-refractivity contribution in [3.63, 3.8) is 0 Å². The van der Waals surface area contributed by atoms with Gasteiger partial charge in [-0.15, -0.1) is 0 Å². The predicted molar refractivity (Wildman–Crippen MR) is 104 cm³/mol. The molecule has 0 amide bonds. The SMILES string of the molecule is CCn1c(C(F)(F)F)cc2nc(-c3ncc(Br)cc3S(=O)(=O)CC)n(C)c2c1=O. The zero-order chi connectivity index (χ0) is 21.7. The van der Waals surface area contributed by atoms with Crippen LogP contribution in [-0.4, -0.2) is 33.3 Å². The lowest BCUT2D eigenvalue weighted by atomic mass is 10.3. The van der Waals surface area contributed by atoms with Gasteiger partial charge in [0.25, 0.3) is 5.56 Å². The fraction of sp³-hybridized carbons (Fsp3) is 0.353. The second kappa shape index (κ2) is 7.24. The highest BCUT2D eigenvalue weighted by Crippen LogP contribution is 2.33. The van der Waals surface area contributed by atoms with E-state index in [0.29, 0.717) is 9.04 Å². The molecular formula is C17H16BrF3N4O3S. The van der Waals surface area contributed by atoms with Crippen molar-refractivity contribution in [3.8, 4) is 11.5 Å². The van der Waals surface area contributed by atoms with E-state index in [4.69, 9.17) is 0 Å². The first kappa shape index (κ1) is 21.5. The van der Waals surface area contributed by atoms with Gasteiger partial charge in [-0.2, -0.15) is 13.2 Å². The molecule has 0 aliphatic rings. The van der Waals surface area contributed by atoms with Gasteiger partial charge in [0.05, 0.1) is 16.2 Å². The molecule has 0 unspecified atom stereocenters. The molecule has 3 heterocycles. The summed E-state index contributed by atoms with van der Waals surface area (Å²) in [6.45, 7) is 2.71. The van der Waals surface area contributed by atoms with E-state index in [9.17, 15) is 26.4 Å². The van der Waals surface area contributed by atoms with Gasteiger partial charge in [-0.1, -0.05) is 6.92 Å². The average Bonchev–Trinajstić information content (AvgIpc) is 2.97. The van der Waals surface area contributed by atoms with E-state index in [1.807, 2.05) is 0 Å². The van der Waals surface area contributed by atoms with Gasteiger partial charge in [-0.3, -0.25) is 9.78 Å². The third-order valence-corrected chi connectivity index (χ3v) is 6.66. The van der Waals surface area contributed by atoms with Crippen molar-refractivity contribution in [2.75, 3.05) is 5.75 Å². The lowest BCUT2D eigenvalue weighted by Crippen LogP contribution is -2.28. The van der Waals surface area contributed by atoms with Crippen LogP contribution in [0.2, 0.25) is 0 Å². The third-order valence-electron chi connectivity index (χ3n) is 4.49. The van der Waals surface area contributed by atoms with Crippen LogP contribution in [0.3, 0.4) is 0 Å². The minimum Gasteiger partial charge on any atom is -0.321 e. The molecule has 3 aromatic heterocycles. The average molecular weight is 493 g/mol. The number of fused-ring (bicyclic) bond motifs is 1. The summed E-state index contributed by atoms with van der Waals surface area (Å²) in [7, 11) is -2.28. The number of aromatic nitrogens is 4. The van der Waals surface area contributed by atoms with Crippen molar-refractivity contribution in [1.82, 2.24) is 19.1 Å². The molecule has 156 valence electrons. The van der Waals surface area contributed by atoms with Crippen molar-refractivity contribution in [1.29, 1.82) is 0 Å². The van der Waals surface area contributed by atoms with Gasteiger partial charge in [0.2, 0.25) is 0 Å². The van der Waals surface area contributed by atoms with Crippen molar-refractivity contribution >= 4 is 36.8 Å². The molecule has 12 heteroatoms. The topological polar surface area (TPSA) is 86.8 Å².